The van der Waals surface area contributed by atoms with Crippen LogP contribution in [0.4, 0.5) is 5.69 Å². The molecule has 0 aliphatic carbocycles. The molecule has 3 rings (SSSR count). The average molecular weight is 495 g/mol. The molecule has 1 amide bonds. The second-order valence-corrected chi connectivity index (χ2v) is 8.66. The first-order valence-electron chi connectivity index (χ1n) is 10.6. The van der Waals surface area contributed by atoms with Crippen LogP contribution in [0.3, 0.4) is 0 Å². The summed E-state index contributed by atoms with van der Waals surface area (Å²) in [5.41, 5.74) is 4.16. The van der Waals surface area contributed by atoms with Gasteiger partial charge < -0.3 is 14.8 Å². The Labute approximate surface area is 209 Å². The third kappa shape index (κ3) is 7.02. The van der Waals surface area contributed by atoms with E-state index in [1.165, 1.54) is 6.08 Å². The molecule has 0 atom stereocenters. The number of hydrogen-bond donors (Lipinski definition) is 1. The van der Waals surface area contributed by atoms with Crippen molar-refractivity contribution in [3.05, 3.63) is 92.5 Å². The largest absolute Gasteiger partial charge is 0.490 e. The maximum absolute atomic E-state index is 12.7. The summed E-state index contributed by atoms with van der Waals surface area (Å²) in [7, 11) is 0. The Morgan fingerprint density at radius 1 is 0.941 bits per heavy atom. The fraction of sp³-hybridized carbons (Fsp3) is 0.185. The van der Waals surface area contributed by atoms with Crippen LogP contribution in [0.1, 0.15) is 22.3 Å². The minimum Gasteiger partial charge on any atom is -0.490 e. The molecule has 0 bridgehead atoms. The number of halogens is 2. The van der Waals surface area contributed by atoms with Gasteiger partial charge in [0.1, 0.15) is 36.4 Å². The number of nitriles is 1. The van der Waals surface area contributed by atoms with Crippen LogP contribution in [-0.4, -0.2) is 19.1 Å². The second-order valence-electron chi connectivity index (χ2n) is 7.82. The number of benzene rings is 3. The summed E-state index contributed by atoms with van der Waals surface area (Å²) in [4.78, 5) is 12.7. The molecule has 0 saturated carbocycles. The number of rotatable bonds is 8. The van der Waals surface area contributed by atoms with Crippen LogP contribution < -0.4 is 14.8 Å². The van der Waals surface area contributed by atoms with Crippen molar-refractivity contribution in [3.8, 4) is 17.6 Å². The second kappa shape index (κ2) is 11.6. The molecule has 3 aromatic carbocycles. The van der Waals surface area contributed by atoms with Gasteiger partial charge in [0.05, 0.1) is 5.02 Å². The quantitative estimate of drug-likeness (QED) is 0.209. The molecule has 174 valence electrons. The van der Waals surface area contributed by atoms with Gasteiger partial charge in [0.25, 0.3) is 5.91 Å². The smallest absolute Gasteiger partial charge is 0.266 e. The van der Waals surface area contributed by atoms with Crippen LogP contribution in [0, 0.1) is 32.1 Å². The molecule has 0 heterocycles. The number of anilines is 1. The van der Waals surface area contributed by atoms with E-state index in [0.717, 1.165) is 22.4 Å². The summed E-state index contributed by atoms with van der Waals surface area (Å²) in [5, 5.41) is 12.9. The Hall–Kier alpha value is -3.46. The zero-order chi connectivity index (χ0) is 24.7. The molecule has 3 aromatic rings. The number of nitrogens with zero attached hydrogens (tertiary/aromatic N) is 1. The van der Waals surface area contributed by atoms with Crippen molar-refractivity contribution in [2.24, 2.45) is 0 Å². The summed E-state index contributed by atoms with van der Waals surface area (Å²) >= 11 is 12.5. The lowest BCUT2D eigenvalue weighted by Crippen LogP contribution is -2.13. The normalized spacial score (nSPS) is 11.0. The first-order valence-corrected chi connectivity index (χ1v) is 11.3. The fourth-order valence-corrected chi connectivity index (χ4v) is 3.86. The van der Waals surface area contributed by atoms with Crippen molar-refractivity contribution >= 4 is 40.9 Å². The van der Waals surface area contributed by atoms with E-state index < -0.39 is 5.91 Å². The molecule has 7 heteroatoms. The van der Waals surface area contributed by atoms with Gasteiger partial charge in [0.2, 0.25) is 0 Å². The van der Waals surface area contributed by atoms with E-state index >= 15 is 0 Å². The van der Waals surface area contributed by atoms with Crippen molar-refractivity contribution in [3.63, 3.8) is 0 Å². The maximum Gasteiger partial charge on any atom is 0.266 e. The highest BCUT2D eigenvalue weighted by atomic mass is 35.5. The van der Waals surface area contributed by atoms with Crippen molar-refractivity contribution in [2.45, 2.75) is 20.8 Å². The molecular weight excluding hydrogens is 471 g/mol. The van der Waals surface area contributed by atoms with E-state index in [4.69, 9.17) is 32.7 Å². The minimum atomic E-state index is -0.549. The van der Waals surface area contributed by atoms with Gasteiger partial charge in [0.15, 0.2) is 0 Å². The lowest BCUT2D eigenvalue weighted by atomic mass is 10.1. The number of aryl methyl sites for hydroxylation is 3. The van der Waals surface area contributed by atoms with Gasteiger partial charge in [-0.2, -0.15) is 5.26 Å². The summed E-state index contributed by atoms with van der Waals surface area (Å²) < 4.78 is 11.6. The van der Waals surface area contributed by atoms with Gasteiger partial charge in [-0.25, -0.2) is 0 Å². The molecule has 0 aliphatic heterocycles. The molecule has 0 aliphatic rings. The highest BCUT2D eigenvalue weighted by molar-refractivity contribution is 6.36. The van der Waals surface area contributed by atoms with Crippen LogP contribution in [-0.2, 0) is 4.79 Å². The van der Waals surface area contributed by atoms with E-state index in [2.05, 4.69) is 11.4 Å². The van der Waals surface area contributed by atoms with Crippen LogP contribution in [0.2, 0.25) is 10.0 Å². The lowest BCUT2D eigenvalue weighted by molar-refractivity contribution is -0.112. The van der Waals surface area contributed by atoms with Crippen LogP contribution in [0.5, 0.6) is 11.5 Å². The molecule has 0 aromatic heterocycles. The fourth-order valence-electron chi connectivity index (χ4n) is 3.30. The molecule has 0 fully saturated rings. The molecular formula is C27H24Cl2N2O3. The molecule has 0 saturated heterocycles. The maximum atomic E-state index is 12.7. The van der Waals surface area contributed by atoms with E-state index in [1.54, 1.807) is 24.3 Å². The third-order valence-electron chi connectivity index (χ3n) is 4.81. The number of ether oxygens (including phenoxy) is 2. The predicted octanol–water partition coefficient (Wildman–Crippen LogP) is 6.92. The number of hydrogen-bond acceptors (Lipinski definition) is 4. The van der Waals surface area contributed by atoms with Crippen LogP contribution in [0.15, 0.2) is 60.2 Å². The number of carbonyl (C=O) groups excluding carboxylic acids is 1. The van der Waals surface area contributed by atoms with Crippen LogP contribution in [0.25, 0.3) is 6.08 Å². The van der Waals surface area contributed by atoms with Gasteiger partial charge in [0, 0.05) is 16.3 Å². The Kier molecular flexibility index (Phi) is 8.59. The van der Waals surface area contributed by atoms with Gasteiger partial charge in [-0.3, -0.25) is 4.79 Å². The molecule has 0 spiro atoms. The van der Waals surface area contributed by atoms with Crippen LogP contribution >= 0.6 is 23.2 Å². The Bertz CT molecular complexity index is 1240. The van der Waals surface area contributed by atoms with Gasteiger partial charge in [-0.1, -0.05) is 47.0 Å². The molecule has 5 nitrogen and oxygen atoms in total. The standard InChI is InChI=1S/C27H24Cl2N2O3/c1-17-4-6-23(7-5-17)31-27(32)21(16-30)13-20-14-22(28)15-25(29)26(20)34-9-8-33-24-11-18(2)10-19(3)12-24/h4-7,10-15H,8-9H2,1-3H3,(H,31,32)/b21-13+. The topological polar surface area (TPSA) is 71.4 Å². The summed E-state index contributed by atoms with van der Waals surface area (Å²) in [6.07, 6.45) is 1.40. The van der Waals surface area contributed by atoms with Gasteiger partial charge in [-0.15, -0.1) is 0 Å². The van der Waals surface area contributed by atoms with E-state index in [-0.39, 0.29) is 23.8 Å². The van der Waals surface area contributed by atoms with Gasteiger partial charge in [-0.05, 0) is 74.4 Å². The van der Waals surface area contributed by atoms with Crippen molar-refractivity contribution in [2.75, 3.05) is 18.5 Å². The number of amides is 1. The number of carbonyl (C=O) groups is 1. The molecule has 34 heavy (non-hydrogen) atoms. The molecule has 0 unspecified atom stereocenters. The summed E-state index contributed by atoms with van der Waals surface area (Å²) in [6, 6.07) is 18.3. The minimum absolute atomic E-state index is 0.116. The Morgan fingerprint density at radius 2 is 1.59 bits per heavy atom. The van der Waals surface area contributed by atoms with E-state index in [9.17, 15) is 10.1 Å². The van der Waals surface area contributed by atoms with Gasteiger partial charge >= 0.3 is 0 Å². The zero-order valence-corrected chi connectivity index (χ0v) is 20.6. The highest BCUT2D eigenvalue weighted by Gasteiger charge is 2.15. The summed E-state index contributed by atoms with van der Waals surface area (Å²) in [5.74, 6) is 0.514. The Morgan fingerprint density at radius 3 is 2.24 bits per heavy atom. The first-order chi connectivity index (χ1) is 16.2. The molecule has 0 radical (unpaired) electrons. The Balaban J connectivity index is 1.75. The zero-order valence-electron chi connectivity index (χ0n) is 19.1. The predicted molar refractivity (Wildman–Crippen MR) is 137 cm³/mol. The molecule has 1 N–H and O–H groups in total. The summed E-state index contributed by atoms with van der Waals surface area (Å²) in [6.45, 7) is 6.44. The lowest BCUT2D eigenvalue weighted by Gasteiger charge is -2.13. The van der Waals surface area contributed by atoms with E-state index in [1.807, 2.05) is 51.1 Å². The van der Waals surface area contributed by atoms with Crippen molar-refractivity contribution < 1.29 is 14.3 Å². The third-order valence-corrected chi connectivity index (χ3v) is 5.30. The average Bonchev–Trinajstić information content (AvgIpc) is 2.77. The highest BCUT2D eigenvalue weighted by Crippen LogP contribution is 2.34. The van der Waals surface area contributed by atoms with Crippen molar-refractivity contribution in [1.82, 2.24) is 0 Å². The monoisotopic (exact) mass is 494 g/mol. The number of nitrogens with one attached hydrogen (secondary N) is 1. The van der Waals surface area contributed by atoms with Crippen molar-refractivity contribution in [1.29, 1.82) is 5.26 Å². The van der Waals surface area contributed by atoms with E-state index in [0.29, 0.717) is 22.0 Å². The SMILES string of the molecule is Cc1ccc(NC(=O)/C(C#N)=C/c2cc(Cl)cc(Cl)c2OCCOc2cc(C)cc(C)c2)cc1. The first kappa shape index (κ1) is 25.2.